The Balaban J connectivity index is 1.87. The van der Waals surface area contributed by atoms with Gasteiger partial charge in [0.2, 0.25) is 5.91 Å². The van der Waals surface area contributed by atoms with E-state index in [-0.39, 0.29) is 19.0 Å². The molecule has 1 fully saturated rings. The highest BCUT2D eigenvalue weighted by Gasteiger charge is 2.35. The van der Waals surface area contributed by atoms with Crippen LogP contribution in [0.1, 0.15) is 31.3 Å². The summed E-state index contributed by atoms with van der Waals surface area (Å²) in [6, 6.07) is 3.34. The first-order valence-corrected chi connectivity index (χ1v) is 7.93. The molecule has 0 aromatic carbocycles. The van der Waals surface area contributed by atoms with Gasteiger partial charge in [-0.25, -0.2) is 0 Å². The molecule has 136 valence electrons. The largest absolute Gasteiger partial charge is 0.463 e. The number of nitrogens with zero attached hydrogens (tertiary/aromatic N) is 1. The number of rotatable bonds is 5. The summed E-state index contributed by atoms with van der Waals surface area (Å²) in [6.07, 6.45) is -3.18. The second kappa shape index (κ2) is 7.14. The summed E-state index contributed by atoms with van der Waals surface area (Å²) >= 11 is 0. The van der Waals surface area contributed by atoms with E-state index in [1.807, 2.05) is 0 Å². The molecule has 1 saturated heterocycles. The predicted molar refractivity (Wildman–Crippen MR) is 81.2 cm³/mol. The first-order chi connectivity index (χ1) is 11.1. The molecule has 2 unspecified atom stereocenters. The number of alkyl halides is 3. The third kappa shape index (κ3) is 5.24. The molecule has 0 radical (unpaired) electrons. The van der Waals surface area contributed by atoms with Gasteiger partial charge in [-0.15, -0.1) is 0 Å². The predicted octanol–water partition coefficient (Wildman–Crippen LogP) is 2.19. The number of carbonyl (C=O) groups is 1. The number of halogens is 3. The number of amides is 1. The monoisotopic (exact) mass is 348 g/mol. The van der Waals surface area contributed by atoms with Crippen molar-refractivity contribution in [3.63, 3.8) is 0 Å². The van der Waals surface area contributed by atoms with Gasteiger partial charge in [-0.05, 0) is 45.4 Å². The molecule has 1 aromatic rings. The number of carbonyl (C=O) groups excluding carboxylic acids is 1. The molecular formula is C16H23F3N2O3. The van der Waals surface area contributed by atoms with E-state index in [4.69, 9.17) is 4.42 Å². The van der Waals surface area contributed by atoms with E-state index in [1.165, 1.54) is 11.8 Å². The average molecular weight is 348 g/mol. The van der Waals surface area contributed by atoms with Crippen LogP contribution in [0.15, 0.2) is 16.5 Å². The lowest BCUT2D eigenvalue weighted by Crippen LogP contribution is -2.48. The minimum atomic E-state index is -4.26. The zero-order valence-electron chi connectivity index (χ0n) is 13.8. The summed E-state index contributed by atoms with van der Waals surface area (Å²) in [4.78, 5) is 13.5. The molecule has 0 aliphatic carbocycles. The zero-order chi connectivity index (χ0) is 18.0. The maximum Gasteiger partial charge on any atom is 0.401 e. The number of nitrogens with one attached hydrogen (secondary N) is 1. The van der Waals surface area contributed by atoms with Gasteiger partial charge in [-0.1, -0.05) is 0 Å². The van der Waals surface area contributed by atoms with Crippen molar-refractivity contribution in [2.24, 2.45) is 5.92 Å². The van der Waals surface area contributed by atoms with Gasteiger partial charge >= 0.3 is 6.18 Å². The van der Waals surface area contributed by atoms with Gasteiger partial charge in [-0.3, -0.25) is 9.69 Å². The minimum Gasteiger partial charge on any atom is -0.463 e. The lowest BCUT2D eigenvalue weighted by Gasteiger charge is -2.33. The zero-order valence-corrected chi connectivity index (χ0v) is 13.8. The molecule has 1 aliphatic rings. The van der Waals surface area contributed by atoms with Crippen LogP contribution in [0.5, 0.6) is 0 Å². The van der Waals surface area contributed by atoms with Crippen LogP contribution in [-0.2, 0) is 10.4 Å². The van der Waals surface area contributed by atoms with Crippen molar-refractivity contribution in [2.75, 3.05) is 26.2 Å². The quantitative estimate of drug-likeness (QED) is 0.856. The van der Waals surface area contributed by atoms with Crippen LogP contribution < -0.4 is 5.32 Å². The highest BCUT2D eigenvalue weighted by atomic mass is 19.4. The van der Waals surface area contributed by atoms with E-state index in [0.717, 1.165) is 0 Å². The van der Waals surface area contributed by atoms with E-state index in [9.17, 15) is 23.1 Å². The highest BCUT2D eigenvalue weighted by molar-refractivity contribution is 5.79. The lowest BCUT2D eigenvalue weighted by atomic mass is 9.96. The van der Waals surface area contributed by atoms with Crippen LogP contribution >= 0.6 is 0 Å². The van der Waals surface area contributed by atoms with Crippen molar-refractivity contribution in [2.45, 2.75) is 38.5 Å². The number of aryl methyl sites for hydroxylation is 1. The van der Waals surface area contributed by atoms with Crippen molar-refractivity contribution < 1.29 is 27.5 Å². The lowest BCUT2D eigenvalue weighted by molar-refractivity contribution is -0.152. The van der Waals surface area contributed by atoms with Crippen LogP contribution in [0.3, 0.4) is 0 Å². The smallest absolute Gasteiger partial charge is 0.401 e. The molecule has 5 nitrogen and oxygen atoms in total. The van der Waals surface area contributed by atoms with E-state index in [1.54, 1.807) is 19.1 Å². The summed E-state index contributed by atoms with van der Waals surface area (Å²) < 4.78 is 42.8. The van der Waals surface area contributed by atoms with Crippen LogP contribution in [0.25, 0.3) is 0 Å². The molecule has 24 heavy (non-hydrogen) atoms. The van der Waals surface area contributed by atoms with Gasteiger partial charge in [0.05, 0.1) is 19.0 Å². The van der Waals surface area contributed by atoms with E-state index >= 15 is 0 Å². The van der Waals surface area contributed by atoms with E-state index < -0.39 is 24.2 Å². The molecule has 1 amide bonds. The van der Waals surface area contributed by atoms with Crippen LogP contribution in [0.2, 0.25) is 0 Å². The number of furan rings is 1. The second-order valence-corrected chi connectivity index (χ2v) is 6.59. The molecule has 0 saturated carbocycles. The Morgan fingerprint density at radius 1 is 1.46 bits per heavy atom. The maximum atomic E-state index is 12.5. The number of hydrogen-bond acceptors (Lipinski definition) is 4. The third-order valence-corrected chi connectivity index (χ3v) is 4.16. The SMILES string of the molecule is Cc1ccc(C(C)(O)CNC(=O)C2CCCN(CC(F)(F)F)C2)o1. The Bertz CT molecular complexity index is 569. The molecule has 8 heteroatoms. The Hall–Kier alpha value is -1.54. The highest BCUT2D eigenvalue weighted by Crippen LogP contribution is 2.24. The number of piperidine rings is 1. The van der Waals surface area contributed by atoms with Gasteiger partial charge in [0.25, 0.3) is 0 Å². The fourth-order valence-corrected chi connectivity index (χ4v) is 2.88. The van der Waals surface area contributed by atoms with Gasteiger partial charge in [0.1, 0.15) is 17.1 Å². The number of hydrogen-bond donors (Lipinski definition) is 2. The molecule has 1 aliphatic heterocycles. The Labute approximate surface area is 138 Å². The van der Waals surface area contributed by atoms with Gasteiger partial charge in [0, 0.05) is 6.54 Å². The number of aliphatic hydroxyl groups is 1. The molecular weight excluding hydrogens is 325 g/mol. The molecule has 0 spiro atoms. The Morgan fingerprint density at radius 2 is 2.17 bits per heavy atom. The average Bonchev–Trinajstić information content (AvgIpc) is 2.91. The molecule has 2 atom stereocenters. The van der Waals surface area contributed by atoms with Crippen molar-refractivity contribution in [3.05, 3.63) is 23.7 Å². The maximum absolute atomic E-state index is 12.5. The first-order valence-electron chi connectivity index (χ1n) is 7.93. The third-order valence-electron chi connectivity index (χ3n) is 4.16. The van der Waals surface area contributed by atoms with Crippen molar-refractivity contribution in [1.29, 1.82) is 0 Å². The second-order valence-electron chi connectivity index (χ2n) is 6.59. The summed E-state index contributed by atoms with van der Waals surface area (Å²) in [7, 11) is 0. The fraction of sp³-hybridized carbons (Fsp3) is 0.688. The summed E-state index contributed by atoms with van der Waals surface area (Å²) in [5.41, 5.74) is -1.37. The van der Waals surface area contributed by atoms with Crippen LogP contribution in [0.4, 0.5) is 13.2 Å². The molecule has 2 heterocycles. The van der Waals surface area contributed by atoms with E-state index in [2.05, 4.69) is 5.32 Å². The van der Waals surface area contributed by atoms with Crippen LogP contribution in [0, 0.1) is 12.8 Å². The molecule has 2 rings (SSSR count). The normalized spacial score (nSPS) is 22.2. The summed E-state index contributed by atoms with van der Waals surface area (Å²) in [6.45, 7) is 2.62. The van der Waals surface area contributed by atoms with Crippen molar-refractivity contribution >= 4 is 5.91 Å². The molecule has 2 N–H and O–H groups in total. The summed E-state index contributed by atoms with van der Waals surface area (Å²) in [5, 5.41) is 13.0. The van der Waals surface area contributed by atoms with E-state index in [0.29, 0.717) is 30.9 Å². The molecule has 0 bridgehead atoms. The van der Waals surface area contributed by atoms with Crippen molar-refractivity contribution in [3.8, 4) is 0 Å². The standard InChI is InChI=1S/C16H23F3N2O3/c1-11-5-6-13(24-11)15(2,23)9-20-14(22)12-4-3-7-21(8-12)10-16(17,18)19/h5-6,12,23H,3-4,7-10H2,1-2H3,(H,20,22). The van der Waals surface area contributed by atoms with Crippen LogP contribution in [-0.4, -0.2) is 48.3 Å². The van der Waals surface area contributed by atoms with Gasteiger partial charge in [0.15, 0.2) is 0 Å². The Morgan fingerprint density at radius 3 is 2.75 bits per heavy atom. The summed E-state index contributed by atoms with van der Waals surface area (Å²) in [5.74, 6) is 0.134. The minimum absolute atomic E-state index is 0.0610. The topological polar surface area (TPSA) is 65.7 Å². The molecule has 1 aromatic heterocycles. The Kier molecular flexibility index (Phi) is 5.59. The van der Waals surface area contributed by atoms with Gasteiger partial charge in [-0.2, -0.15) is 13.2 Å². The van der Waals surface area contributed by atoms with Gasteiger partial charge < -0.3 is 14.8 Å². The number of likely N-dealkylation sites (tertiary alicyclic amines) is 1. The first kappa shape index (κ1) is 18.8. The van der Waals surface area contributed by atoms with Crippen molar-refractivity contribution in [1.82, 2.24) is 10.2 Å². The fourth-order valence-electron chi connectivity index (χ4n) is 2.88.